The SMILES string of the molecule is CCc1ccc(NC(=O)/C(C#N)=C/c2ccc(OC)cc2OCc2ccc([N+](=O)[O-])cc2)cc1. The molecule has 0 spiro atoms. The van der Waals surface area contributed by atoms with Gasteiger partial charge < -0.3 is 14.8 Å². The number of amides is 1. The highest BCUT2D eigenvalue weighted by Crippen LogP contribution is 2.28. The van der Waals surface area contributed by atoms with Gasteiger partial charge in [0.25, 0.3) is 11.6 Å². The Morgan fingerprint density at radius 2 is 1.76 bits per heavy atom. The van der Waals surface area contributed by atoms with Crippen molar-refractivity contribution in [2.75, 3.05) is 12.4 Å². The van der Waals surface area contributed by atoms with E-state index in [-0.39, 0.29) is 17.9 Å². The third-order valence-electron chi connectivity index (χ3n) is 5.05. The molecule has 0 saturated carbocycles. The number of nitrogens with zero attached hydrogens (tertiary/aromatic N) is 2. The molecule has 8 nitrogen and oxygen atoms in total. The molecule has 0 aliphatic rings. The van der Waals surface area contributed by atoms with E-state index < -0.39 is 10.8 Å². The Morgan fingerprint density at radius 1 is 1.09 bits per heavy atom. The smallest absolute Gasteiger partial charge is 0.269 e. The van der Waals surface area contributed by atoms with E-state index in [1.807, 2.05) is 25.1 Å². The molecule has 1 amide bonds. The molecule has 0 heterocycles. The van der Waals surface area contributed by atoms with Crippen molar-refractivity contribution in [2.45, 2.75) is 20.0 Å². The van der Waals surface area contributed by atoms with E-state index in [0.717, 1.165) is 17.5 Å². The van der Waals surface area contributed by atoms with Crippen LogP contribution >= 0.6 is 0 Å². The molecule has 0 unspecified atom stereocenters. The molecule has 8 heteroatoms. The summed E-state index contributed by atoms with van der Waals surface area (Å²) in [7, 11) is 1.52. The number of hydrogen-bond donors (Lipinski definition) is 1. The molecular weight excluding hydrogens is 434 g/mol. The summed E-state index contributed by atoms with van der Waals surface area (Å²) in [6, 6.07) is 20.4. The predicted molar refractivity (Wildman–Crippen MR) is 128 cm³/mol. The van der Waals surface area contributed by atoms with Crippen LogP contribution in [0, 0.1) is 21.4 Å². The van der Waals surface area contributed by atoms with Gasteiger partial charge in [-0.3, -0.25) is 14.9 Å². The first-order chi connectivity index (χ1) is 16.4. The number of hydrogen-bond acceptors (Lipinski definition) is 6. The summed E-state index contributed by atoms with van der Waals surface area (Å²) in [5, 5.41) is 23.1. The molecule has 0 aliphatic heterocycles. The lowest BCUT2D eigenvalue weighted by Gasteiger charge is -2.12. The second-order valence-corrected chi connectivity index (χ2v) is 7.29. The Kier molecular flexibility index (Phi) is 7.97. The molecular formula is C26H23N3O5. The zero-order valence-corrected chi connectivity index (χ0v) is 18.8. The van der Waals surface area contributed by atoms with E-state index >= 15 is 0 Å². The minimum atomic E-state index is -0.538. The van der Waals surface area contributed by atoms with Gasteiger partial charge in [0.2, 0.25) is 0 Å². The number of rotatable bonds is 9. The molecule has 3 aromatic rings. The normalized spacial score (nSPS) is 10.8. The van der Waals surface area contributed by atoms with Crippen molar-refractivity contribution < 1.29 is 19.2 Å². The number of benzene rings is 3. The third kappa shape index (κ3) is 6.20. The highest BCUT2D eigenvalue weighted by atomic mass is 16.6. The third-order valence-corrected chi connectivity index (χ3v) is 5.05. The number of nitrogens with one attached hydrogen (secondary N) is 1. The van der Waals surface area contributed by atoms with Gasteiger partial charge in [-0.05, 0) is 60.0 Å². The van der Waals surface area contributed by atoms with Crippen LogP contribution < -0.4 is 14.8 Å². The average Bonchev–Trinajstić information content (AvgIpc) is 2.86. The number of carbonyl (C=O) groups excluding carboxylic acids is 1. The molecule has 34 heavy (non-hydrogen) atoms. The maximum absolute atomic E-state index is 12.7. The molecule has 0 saturated heterocycles. The maximum Gasteiger partial charge on any atom is 0.269 e. The van der Waals surface area contributed by atoms with E-state index in [4.69, 9.17) is 9.47 Å². The number of non-ortho nitro benzene ring substituents is 1. The Bertz CT molecular complexity index is 1240. The van der Waals surface area contributed by atoms with E-state index in [1.165, 1.54) is 25.3 Å². The lowest BCUT2D eigenvalue weighted by Crippen LogP contribution is -2.13. The fraction of sp³-hybridized carbons (Fsp3) is 0.154. The zero-order valence-electron chi connectivity index (χ0n) is 18.8. The van der Waals surface area contributed by atoms with Gasteiger partial charge in [-0.15, -0.1) is 0 Å². The second kappa shape index (κ2) is 11.3. The molecule has 0 fully saturated rings. The standard InChI is InChI=1S/C26H23N3O5/c1-3-18-4-9-22(10-5-18)28-26(30)21(16-27)14-20-8-13-24(33-2)15-25(20)34-17-19-6-11-23(12-7-19)29(31)32/h4-15H,3,17H2,1-2H3,(H,28,30)/b21-14+. The summed E-state index contributed by atoms with van der Waals surface area (Å²) in [6.45, 7) is 2.17. The van der Waals surface area contributed by atoms with Crippen molar-refractivity contribution >= 4 is 23.4 Å². The summed E-state index contributed by atoms with van der Waals surface area (Å²) in [4.78, 5) is 23.0. The average molecular weight is 457 g/mol. The summed E-state index contributed by atoms with van der Waals surface area (Å²) in [5.74, 6) is 0.393. The van der Waals surface area contributed by atoms with Crippen LogP contribution in [0.5, 0.6) is 11.5 Å². The predicted octanol–water partition coefficient (Wildman–Crippen LogP) is 5.29. The van der Waals surface area contributed by atoms with Gasteiger partial charge in [0.15, 0.2) is 0 Å². The fourth-order valence-corrected chi connectivity index (χ4v) is 3.09. The number of nitriles is 1. The molecule has 0 aliphatic carbocycles. The summed E-state index contributed by atoms with van der Waals surface area (Å²) in [5.41, 5.74) is 2.86. The Morgan fingerprint density at radius 3 is 2.35 bits per heavy atom. The van der Waals surface area contributed by atoms with Gasteiger partial charge in [-0.1, -0.05) is 19.1 Å². The molecule has 3 aromatic carbocycles. The molecule has 0 atom stereocenters. The van der Waals surface area contributed by atoms with Crippen LogP contribution in [0.15, 0.2) is 72.3 Å². The van der Waals surface area contributed by atoms with Crippen LogP contribution in [0.25, 0.3) is 6.08 Å². The largest absolute Gasteiger partial charge is 0.497 e. The first-order valence-electron chi connectivity index (χ1n) is 10.5. The quantitative estimate of drug-likeness (QED) is 0.202. The van der Waals surface area contributed by atoms with Crippen molar-refractivity contribution in [3.8, 4) is 17.6 Å². The van der Waals surface area contributed by atoms with Crippen LogP contribution in [-0.4, -0.2) is 17.9 Å². The summed E-state index contributed by atoms with van der Waals surface area (Å²) >= 11 is 0. The van der Waals surface area contributed by atoms with Crippen LogP contribution in [0.1, 0.15) is 23.6 Å². The van der Waals surface area contributed by atoms with Crippen molar-refractivity contribution in [2.24, 2.45) is 0 Å². The van der Waals surface area contributed by atoms with E-state index in [9.17, 15) is 20.2 Å². The fourth-order valence-electron chi connectivity index (χ4n) is 3.09. The van der Waals surface area contributed by atoms with Crippen LogP contribution in [-0.2, 0) is 17.8 Å². The van der Waals surface area contributed by atoms with Crippen molar-refractivity contribution in [3.63, 3.8) is 0 Å². The van der Waals surface area contributed by atoms with Crippen LogP contribution in [0.2, 0.25) is 0 Å². The van der Waals surface area contributed by atoms with Crippen molar-refractivity contribution in [3.05, 3.63) is 99.1 Å². The minimum Gasteiger partial charge on any atom is -0.497 e. The zero-order chi connectivity index (χ0) is 24.5. The number of carbonyl (C=O) groups is 1. The topological polar surface area (TPSA) is 114 Å². The minimum absolute atomic E-state index is 0.0113. The second-order valence-electron chi connectivity index (χ2n) is 7.29. The number of nitro benzene ring substituents is 1. The number of nitro groups is 1. The molecule has 0 bridgehead atoms. The maximum atomic E-state index is 12.7. The first kappa shape index (κ1) is 24.0. The number of methoxy groups -OCH3 is 1. The lowest BCUT2D eigenvalue weighted by atomic mass is 10.1. The molecule has 3 rings (SSSR count). The number of aryl methyl sites for hydroxylation is 1. The highest BCUT2D eigenvalue weighted by molar-refractivity contribution is 6.09. The Labute approximate surface area is 197 Å². The van der Waals surface area contributed by atoms with Gasteiger partial charge in [0.1, 0.15) is 29.7 Å². The van der Waals surface area contributed by atoms with E-state index in [2.05, 4.69) is 5.32 Å². The molecule has 0 radical (unpaired) electrons. The first-order valence-corrected chi connectivity index (χ1v) is 10.5. The van der Waals surface area contributed by atoms with Crippen molar-refractivity contribution in [1.29, 1.82) is 5.26 Å². The number of ether oxygens (including phenoxy) is 2. The highest BCUT2D eigenvalue weighted by Gasteiger charge is 2.13. The van der Waals surface area contributed by atoms with Gasteiger partial charge in [0, 0.05) is 29.4 Å². The molecule has 0 aromatic heterocycles. The lowest BCUT2D eigenvalue weighted by molar-refractivity contribution is -0.384. The van der Waals surface area contributed by atoms with Crippen LogP contribution in [0.4, 0.5) is 11.4 Å². The Hall–Kier alpha value is -4.64. The monoisotopic (exact) mass is 457 g/mol. The van der Waals surface area contributed by atoms with Gasteiger partial charge >= 0.3 is 0 Å². The summed E-state index contributed by atoms with van der Waals surface area (Å²) in [6.07, 6.45) is 2.33. The molecule has 1 N–H and O–H groups in total. The number of anilines is 1. The Balaban J connectivity index is 1.81. The van der Waals surface area contributed by atoms with Gasteiger partial charge in [-0.25, -0.2) is 0 Å². The summed E-state index contributed by atoms with van der Waals surface area (Å²) < 4.78 is 11.2. The van der Waals surface area contributed by atoms with Gasteiger partial charge in [0.05, 0.1) is 12.0 Å². The van der Waals surface area contributed by atoms with E-state index in [0.29, 0.717) is 22.7 Å². The van der Waals surface area contributed by atoms with Gasteiger partial charge in [-0.2, -0.15) is 5.26 Å². The van der Waals surface area contributed by atoms with Crippen molar-refractivity contribution in [1.82, 2.24) is 0 Å². The molecule has 172 valence electrons. The van der Waals surface area contributed by atoms with E-state index in [1.54, 1.807) is 42.5 Å². The van der Waals surface area contributed by atoms with Crippen LogP contribution in [0.3, 0.4) is 0 Å².